The molecule has 1 aliphatic rings. The highest BCUT2D eigenvalue weighted by molar-refractivity contribution is 7.89. The van der Waals surface area contributed by atoms with Crippen molar-refractivity contribution in [1.82, 2.24) is 9.62 Å². The average Bonchev–Trinajstić information content (AvgIpc) is 2.80. The molecule has 1 saturated heterocycles. The van der Waals surface area contributed by atoms with Crippen LogP contribution in [0, 0.1) is 0 Å². The lowest BCUT2D eigenvalue weighted by molar-refractivity contribution is -0.123. The van der Waals surface area contributed by atoms with Gasteiger partial charge in [0.05, 0.1) is 19.6 Å². The van der Waals surface area contributed by atoms with Gasteiger partial charge in [-0.15, -0.1) is 0 Å². The van der Waals surface area contributed by atoms with E-state index in [0.29, 0.717) is 25.4 Å². The molecule has 1 aliphatic heterocycles. The second kappa shape index (κ2) is 11.1. The van der Waals surface area contributed by atoms with Gasteiger partial charge in [0, 0.05) is 18.8 Å². The molecule has 9 heteroatoms. The smallest absolute Gasteiger partial charge is 0.246 e. The number of nitrogens with one attached hydrogen (secondary N) is 2. The van der Waals surface area contributed by atoms with E-state index in [4.69, 9.17) is 4.74 Å². The quantitative estimate of drug-likeness (QED) is 0.600. The topological polar surface area (TPSA) is 105 Å². The largest absolute Gasteiger partial charge is 0.492 e. The van der Waals surface area contributed by atoms with Crippen molar-refractivity contribution in [3.63, 3.8) is 0 Å². The maximum absolute atomic E-state index is 13.2. The fourth-order valence-corrected chi connectivity index (χ4v) is 5.21. The summed E-state index contributed by atoms with van der Waals surface area (Å²) in [6, 6.07) is 13.8. The Morgan fingerprint density at radius 3 is 2.41 bits per heavy atom. The summed E-state index contributed by atoms with van der Waals surface area (Å²) in [4.78, 5) is 24.4. The van der Waals surface area contributed by atoms with E-state index in [-0.39, 0.29) is 29.5 Å². The maximum atomic E-state index is 13.2. The number of carbonyl (C=O) groups is 2. The predicted molar refractivity (Wildman–Crippen MR) is 122 cm³/mol. The van der Waals surface area contributed by atoms with Crippen molar-refractivity contribution in [2.75, 3.05) is 31.6 Å². The van der Waals surface area contributed by atoms with Crippen LogP contribution in [-0.4, -0.2) is 50.8 Å². The highest BCUT2D eigenvalue weighted by Crippen LogP contribution is 2.31. The number of piperidine rings is 1. The van der Waals surface area contributed by atoms with Crippen LogP contribution in [0.15, 0.2) is 53.4 Å². The number of hydrogen-bond acceptors (Lipinski definition) is 5. The number of amides is 2. The third-order valence-corrected chi connectivity index (χ3v) is 7.03. The molecule has 2 N–H and O–H groups in total. The summed E-state index contributed by atoms with van der Waals surface area (Å²) in [5.41, 5.74) is 1.18. The van der Waals surface area contributed by atoms with E-state index < -0.39 is 15.9 Å². The Hall–Kier alpha value is -2.91. The molecule has 0 saturated carbocycles. The SMILES string of the molecule is CCOc1ccc(NC(=O)CNC(=O)Cc2ccccc2)cc1S(=O)(=O)N1CCCCC1. The second-order valence-corrected chi connectivity index (χ2v) is 9.45. The van der Waals surface area contributed by atoms with Gasteiger partial charge in [0.25, 0.3) is 0 Å². The Bertz CT molecular complexity index is 1030. The van der Waals surface area contributed by atoms with Gasteiger partial charge >= 0.3 is 0 Å². The highest BCUT2D eigenvalue weighted by atomic mass is 32.2. The average molecular weight is 460 g/mol. The summed E-state index contributed by atoms with van der Waals surface area (Å²) in [5, 5.41) is 5.23. The molecule has 172 valence electrons. The number of sulfonamides is 1. The molecule has 0 aliphatic carbocycles. The van der Waals surface area contributed by atoms with Crippen molar-refractivity contribution >= 4 is 27.5 Å². The molecular weight excluding hydrogens is 430 g/mol. The summed E-state index contributed by atoms with van der Waals surface area (Å²) in [6.45, 7) is 2.83. The van der Waals surface area contributed by atoms with Crippen molar-refractivity contribution < 1.29 is 22.7 Å². The molecule has 1 fully saturated rings. The molecule has 2 aromatic carbocycles. The number of carbonyl (C=O) groups excluding carboxylic acids is 2. The van der Waals surface area contributed by atoms with E-state index in [9.17, 15) is 18.0 Å². The van der Waals surface area contributed by atoms with Crippen LogP contribution in [0.1, 0.15) is 31.7 Å². The first-order chi connectivity index (χ1) is 15.4. The normalized spacial score (nSPS) is 14.5. The van der Waals surface area contributed by atoms with Crippen molar-refractivity contribution in [1.29, 1.82) is 0 Å². The molecule has 2 aromatic rings. The van der Waals surface area contributed by atoms with Crippen LogP contribution in [0.2, 0.25) is 0 Å². The Kier molecular flexibility index (Phi) is 8.24. The fourth-order valence-electron chi connectivity index (χ4n) is 3.53. The molecule has 3 rings (SSSR count). The Morgan fingerprint density at radius 1 is 1.00 bits per heavy atom. The van der Waals surface area contributed by atoms with Gasteiger partial charge in [-0.05, 0) is 43.5 Å². The van der Waals surface area contributed by atoms with Gasteiger partial charge in [0.2, 0.25) is 21.8 Å². The van der Waals surface area contributed by atoms with Crippen LogP contribution in [0.25, 0.3) is 0 Å². The standard InChI is InChI=1S/C23H29N3O5S/c1-2-31-20-12-11-19(16-21(20)32(29,30)26-13-7-4-8-14-26)25-23(28)17-24-22(27)15-18-9-5-3-6-10-18/h3,5-6,9-12,16H,2,4,7-8,13-15,17H2,1H3,(H,24,27)(H,25,28). The van der Waals surface area contributed by atoms with Crippen molar-refractivity contribution in [2.45, 2.75) is 37.5 Å². The third-order valence-electron chi connectivity index (χ3n) is 5.11. The molecule has 0 bridgehead atoms. The molecule has 0 spiro atoms. The summed E-state index contributed by atoms with van der Waals surface area (Å²) in [7, 11) is -3.75. The van der Waals surface area contributed by atoms with E-state index in [0.717, 1.165) is 24.8 Å². The lowest BCUT2D eigenvalue weighted by Gasteiger charge is -2.27. The number of hydrogen-bond donors (Lipinski definition) is 2. The second-order valence-electron chi connectivity index (χ2n) is 7.55. The molecule has 0 atom stereocenters. The Labute approximate surface area is 189 Å². The fraction of sp³-hybridized carbons (Fsp3) is 0.391. The third kappa shape index (κ3) is 6.30. The lowest BCUT2D eigenvalue weighted by atomic mass is 10.1. The molecule has 8 nitrogen and oxygen atoms in total. The van der Waals surface area contributed by atoms with Gasteiger partial charge in [-0.2, -0.15) is 4.31 Å². The van der Waals surface area contributed by atoms with Crippen LogP contribution in [0.4, 0.5) is 5.69 Å². The number of ether oxygens (including phenoxy) is 1. The van der Waals surface area contributed by atoms with Gasteiger partial charge in [0.1, 0.15) is 10.6 Å². The van der Waals surface area contributed by atoms with Crippen LogP contribution in [-0.2, 0) is 26.0 Å². The van der Waals surface area contributed by atoms with E-state index in [1.807, 2.05) is 30.3 Å². The highest BCUT2D eigenvalue weighted by Gasteiger charge is 2.29. The Morgan fingerprint density at radius 2 is 1.72 bits per heavy atom. The molecular formula is C23H29N3O5S. The van der Waals surface area contributed by atoms with Crippen LogP contribution >= 0.6 is 0 Å². The number of anilines is 1. The van der Waals surface area contributed by atoms with E-state index in [1.54, 1.807) is 19.1 Å². The van der Waals surface area contributed by atoms with E-state index >= 15 is 0 Å². The molecule has 0 unspecified atom stereocenters. The predicted octanol–water partition coefficient (Wildman–Crippen LogP) is 2.56. The Balaban J connectivity index is 1.66. The van der Waals surface area contributed by atoms with Crippen LogP contribution in [0.5, 0.6) is 5.75 Å². The van der Waals surface area contributed by atoms with Crippen molar-refractivity contribution in [3.8, 4) is 5.75 Å². The number of nitrogens with zero attached hydrogens (tertiary/aromatic N) is 1. The summed E-state index contributed by atoms with van der Waals surface area (Å²) >= 11 is 0. The van der Waals surface area contributed by atoms with Crippen molar-refractivity contribution in [2.24, 2.45) is 0 Å². The minimum Gasteiger partial charge on any atom is -0.492 e. The number of rotatable bonds is 9. The van der Waals surface area contributed by atoms with Crippen LogP contribution in [0.3, 0.4) is 0 Å². The first-order valence-electron chi connectivity index (χ1n) is 10.8. The van der Waals surface area contributed by atoms with Gasteiger partial charge in [0.15, 0.2) is 0 Å². The first-order valence-corrected chi connectivity index (χ1v) is 12.2. The summed E-state index contributed by atoms with van der Waals surface area (Å²) < 4.78 is 33.4. The minimum atomic E-state index is -3.75. The minimum absolute atomic E-state index is 0.0344. The van der Waals surface area contributed by atoms with Gasteiger partial charge in [-0.1, -0.05) is 36.8 Å². The molecule has 0 radical (unpaired) electrons. The zero-order valence-corrected chi connectivity index (χ0v) is 19.0. The molecule has 0 aromatic heterocycles. The van der Waals surface area contributed by atoms with E-state index in [1.165, 1.54) is 10.4 Å². The molecule has 32 heavy (non-hydrogen) atoms. The lowest BCUT2D eigenvalue weighted by Crippen LogP contribution is -2.36. The van der Waals surface area contributed by atoms with Gasteiger partial charge in [-0.3, -0.25) is 9.59 Å². The van der Waals surface area contributed by atoms with E-state index in [2.05, 4.69) is 10.6 Å². The monoisotopic (exact) mass is 459 g/mol. The van der Waals surface area contributed by atoms with Crippen LogP contribution < -0.4 is 15.4 Å². The maximum Gasteiger partial charge on any atom is 0.246 e. The first kappa shape index (κ1) is 23.7. The summed E-state index contributed by atoms with van der Waals surface area (Å²) in [6.07, 6.45) is 2.83. The number of benzene rings is 2. The molecule has 2 amide bonds. The van der Waals surface area contributed by atoms with Gasteiger partial charge < -0.3 is 15.4 Å². The van der Waals surface area contributed by atoms with Crippen molar-refractivity contribution in [3.05, 3.63) is 54.1 Å². The summed E-state index contributed by atoms with van der Waals surface area (Å²) in [5.74, 6) is -0.462. The zero-order chi connectivity index (χ0) is 23.0. The zero-order valence-electron chi connectivity index (χ0n) is 18.2. The van der Waals surface area contributed by atoms with Gasteiger partial charge in [-0.25, -0.2) is 8.42 Å². The molecule has 1 heterocycles.